The molecule has 0 saturated carbocycles. The van der Waals surface area contributed by atoms with Crippen LogP contribution in [-0.2, 0) is 14.8 Å². The highest BCUT2D eigenvalue weighted by atomic mass is 35.5. The number of rotatable bonds is 5. The van der Waals surface area contributed by atoms with Gasteiger partial charge < -0.3 is 9.80 Å². The fraction of sp³-hybridized carbons (Fsp3) is 0.615. The van der Waals surface area contributed by atoms with Gasteiger partial charge in [-0.1, -0.05) is 18.5 Å². The summed E-state index contributed by atoms with van der Waals surface area (Å²) in [5, 5.41) is 0. The number of carbonyl (C=O) groups excluding carboxylic acids is 1. The Balaban J connectivity index is 1.97. The summed E-state index contributed by atoms with van der Waals surface area (Å²) >= 11 is 6.77. The molecule has 2 heterocycles. The van der Waals surface area contributed by atoms with E-state index in [1.54, 1.807) is 11.0 Å². The number of hydrogen-bond donors (Lipinski definition) is 0. The summed E-state index contributed by atoms with van der Waals surface area (Å²) in [6, 6.07) is 3.00. The number of piperazine rings is 1. The van der Waals surface area contributed by atoms with E-state index in [9.17, 15) is 13.2 Å². The maximum Gasteiger partial charge on any atom is 0.252 e. The number of amides is 1. The number of thiophene rings is 1. The summed E-state index contributed by atoms with van der Waals surface area (Å²) in [7, 11) is -2.24. The molecule has 0 spiro atoms. The molecule has 22 heavy (non-hydrogen) atoms. The molecule has 0 radical (unpaired) electrons. The molecule has 9 heteroatoms. The summed E-state index contributed by atoms with van der Waals surface area (Å²) in [5.74, 6) is -0.163. The van der Waals surface area contributed by atoms with Crippen molar-refractivity contribution >= 4 is 38.9 Å². The fourth-order valence-corrected chi connectivity index (χ4v) is 5.09. The molecule has 0 aliphatic carbocycles. The summed E-state index contributed by atoms with van der Waals surface area (Å²) in [5.41, 5.74) is 0. The molecule has 1 aliphatic heterocycles. The number of hydrogen-bond acceptors (Lipinski definition) is 5. The van der Waals surface area contributed by atoms with Crippen molar-refractivity contribution in [3.8, 4) is 0 Å². The SMILES string of the molecule is CCN1CCN(C(=O)CN(C)S(=O)(=O)c2ccc(Cl)s2)CC1. The molecule has 0 aromatic carbocycles. The molecule has 1 amide bonds. The lowest BCUT2D eigenvalue weighted by Crippen LogP contribution is -2.51. The summed E-state index contributed by atoms with van der Waals surface area (Å²) < 4.78 is 26.4. The first-order chi connectivity index (χ1) is 10.3. The zero-order chi connectivity index (χ0) is 16.3. The number of sulfonamides is 1. The van der Waals surface area contributed by atoms with Crippen LogP contribution in [0.2, 0.25) is 4.34 Å². The molecule has 1 fully saturated rings. The zero-order valence-corrected chi connectivity index (χ0v) is 15.0. The van der Waals surface area contributed by atoms with E-state index in [0.717, 1.165) is 35.3 Å². The zero-order valence-electron chi connectivity index (χ0n) is 12.7. The Labute approximate surface area is 140 Å². The Hall–Kier alpha value is -0.670. The van der Waals surface area contributed by atoms with Crippen LogP contribution in [0.1, 0.15) is 6.92 Å². The van der Waals surface area contributed by atoms with E-state index in [4.69, 9.17) is 11.6 Å². The van der Waals surface area contributed by atoms with Gasteiger partial charge in [-0.3, -0.25) is 4.79 Å². The van der Waals surface area contributed by atoms with E-state index >= 15 is 0 Å². The van der Waals surface area contributed by atoms with E-state index in [2.05, 4.69) is 11.8 Å². The van der Waals surface area contributed by atoms with Crippen LogP contribution in [0, 0.1) is 0 Å². The minimum absolute atomic E-state index is 0.149. The van der Waals surface area contributed by atoms with Crippen molar-refractivity contribution in [2.75, 3.05) is 46.3 Å². The minimum atomic E-state index is -3.66. The van der Waals surface area contributed by atoms with Gasteiger partial charge in [0.15, 0.2) is 0 Å². The first kappa shape index (κ1) is 17.7. The van der Waals surface area contributed by atoms with Crippen LogP contribution in [0.25, 0.3) is 0 Å². The predicted octanol–water partition coefficient (Wildman–Crippen LogP) is 1.19. The largest absolute Gasteiger partial charge is 0.339 e. The molecule has 1 saturated heterocycles. The van der Waals surface area contributed by atoms with E-state index in [1.165, 1.54) is 13.1 Å². The van der Waals surface area contributed by atoms with Crippen molar-refractivity contribution < 1.29 is 13.2 Å². The van der Waals surface area contributed by atoms with E-state index in [0.29, 0.717) is 17.4 Å². The van der Waals surface area contributed by atoms with Crippen LogP contribution in [0.5, 0.6) is 0 Å². The standard InChI is InChI=1S/C13H20ClN3O3S2/c1-3-16-6-8-17(9-7-16)12(18)10-15(2)22(19,20)13-5-4-11(14)21-13/h4-5H,3,6-10H2,1-2H3. The maximum atomic E-state index is 12.4. The topological polar surface area (TPSA) is 60.9 Å². The van der Waals surface area contributed by atoms with Crippen LogP contribution in [0.3, 0.4) is 0 Å². The van der Waals surface area contributed by atoms with E-state index < -0.39 is 10.0 Å². The molecule has 0 bridgehead atoms. The van der Waals surface area contributed by atoms with E-state index in [-0.39, 0.29) is 16.7 Å². The van der Waals surface area contributed by atoms with Crippen LogP contribution in [-0.4, -0.2) is 74.7 Å². The van der Waals surface area contributed by atoms with Gasteiger partial charge in [-0.25, -0.2) is 8.42 Å². The molecule has 0 atom stereocenters. The first-order valence-corrected chi connectivity index (χ1v) is 9.70. The third kappa shape index (κ3) is 3.99. The molecule has 1 aliphatic rings. The highest BCUT2D eigenvalue weighted by molar-refractivity contribution is 7.91. The van der Waals surface area contributed by atoms with Gasteiger partial charge in [-0.2, -0.15) is 4.31 Å². The first-order valence-electron chi connectivity index (χ1n) is 7.06. The Morgan fingerprint density at radius 3 is 2.45 bits per heavy atom. The Bertz CT molecular complexity index is 624. The van der Waals surface area contributed by atoms with Crippen LogP contribution in [0.15, 0.2) is 16.3 Å². The number of halogens is 1. The third-order valence-electron chi connectivity index (χ3n) is 3.74. The van der Waals surface area contributed by atoms with Gasteiger partial charge in [0.25, 0.3) is 10.0 Å². The van der Waals surface area contributed by atoms with Gasteiger partial charge in [-0.15, -0.1) is 11.3 Å². The molecule has 124 valence electrons. The Morgan fingerprint density at radius 2 is 1.95 bits per heavy atom. The summed E-state index contributed by atoms with van der Waals surface area (Å²) in [6.07, 6.45) is 0. The predicted molar refractivity (Wildman–Crippen MR) is 87.8 cm³/mol. The minimum Gasteiger partial charge on any atom is -0.339 e. The normalized spacial score (nSPS) is 17.2. The van der Waals surface area contributed by atoms with Crippen molar-refractivity contribution in [2.24, 2.45) is 0 Å². The molecular weight excluding hydrogens is 346 g/mol. The van der Waals surface area contributed by atoms with E-state index in [1.807, 2.05) is 0 Å². The third-order valence-corrected chi connectivity index (χ3v) is 7.25. The van der Waals surface area contributed by atoms with Gasteiger partial charge in [0.2, 0.25) is 5.91 Å². The van der Waals surface area contributed by atoms with Gasteiger partial charge >= 0.3 is 0 Å². The molecule has 1 aromatic heterocycles. The second-order valence-electron chi connectivity index (χ2n) is 5.13. The Kier molecular flexibility index (Phi) is 5.84. The average molecular weight is 366 g/mol. The van der Waals surface area contributed by atoms with Gasteiger partial charge in [-0.05, 0) is 18.7 Å². The average Bonchev–Trinajstić information content (AvgIpc) is 2.94. The second kappa shape index (κ2) is 7.27. The van der Waals surface area contributed by atoms with Crippen LogP contribution < -0.4 is 0 Å². The van der Waals surface area contributed by atoms with Crippen molar-refractivity contribution in [2.45, 2.75) is 11.1 Å². The van der Waals surface area contributed by atoms with Crippen LogP contribution in [0.4, 0.5) is 0 Å². The summed E-state index contributed by atoms with van der Waals surface area (Å²) in [6.45, 7) is 5.86. The molecule has 2 rings (SSSR count). The summed E-state index contributed by atoms with van der Waals surface area (Å²) in [4.78, 5) is 16.2. The lowest BCUT2D eigenvalue weighted by Gasteiger charge is -2.34. The van der Waals surface area contributed by atoms with Crippen molar-refractivity contribution in [3.63, 3.8) is 0 Å². The van der Waals surface area contributed by atoms with Gasteiger partial charge in [0.05, 0.1) is 10.9 Å². The molecule has 0 N–H and O–H groups in total. The quantitative estimate of drug-likeness (QED) is 0.786. The fourth-order valence-electron chi connectivity index (χ4n) is 2.28. The second-order valence-corrected chi connectivity index (χ2v) is 9.12. The number of carbonyl (C=O) groups is 1. The van der Waals surface area contributed by atoms with Crippen molar-refractivity contribution in [1.82, 2.24) is 14.1 Å². The monoisotopic (exact) mass is 365 g/mol. The molecule has 0 unspecified atom stereocenters. The molecule has 1 aromatic rings. The number of likely N-dealkylation sites (N-methyl/N-ethyl adjacent to an activating group) is 2. The molecule has 6 nitrogen and oxygen atoms in total. The lowest BCUT2D eigenvalue weighted by molar-refractivity contribution is -0.132. The van der Waals surface area contributed by atoms with Gasteiger partial charge in [0, 0.05) is 33.2 Å². The highest BCUT2D eigenvalue weighted by Gasteiger charge is 2.27. The lowest BCUT2D eigenvalue weighted by atomic mass is 10.3. The number of nitrogens with zero attached hydrogens (tertiary/aromatic N) is 3. The van der Waals surface area contributed by atoms with Crippen molar-refractivity contribution in [3.05, 3.63) is 16.5 Å². The highest BCUT2D eigenvalue weighted by Crippen LogP contribution is 2.27. The molecular formula is C13H20ClN3O3S2. The smallest absolute Gasteiger partial charge is 0.252 e. The van der Waals surface area contributed by atoms with Crippen molar-refractivity contribution in [1.29, 1.82) is 0 Å². The maximum absolute atomic E-state index is 12.4. The van der Waals surface area contributed by atoms with Gasteiger partial charge in [0.1, 0.15) is 4.21 Å². The Morgan fingerprint density at radius 1 is 1.32 bits per heavy atom. The van der Waals surface area contributed by atoms with Crippen LogP contribution >= 0.6 is 22.9 Å².